The maximum absolute atomic E-state index is 13.5. The lowest BCUT2D eigenvalue weighted by atomic mass is 9.92. The number of hydrogen-bond acceptors (Lipinski definition) is 5. The van der Waals surface area contributed by atoms with E-state index >= 15 is 0 Å². The number of rotatable bonds is 7. The van der Waals surface area contributed by atoms with E-state index in [-0.39, 0.29) is 11.1 Å². The molecular weight excluding hydrogens is 536 g/mol. The second-order valence-corrected chi connectivity index (χ2v) is 10.3. The number of halogens is 1. The number of nitrogens with zero attached hydrogens (tertiary/aromatic N) is 4. The normalized spacial score (nSPS) is 14.6. The van der Waals surface area contributed by atoms with Gasteiger partial charge in [0.25, 0.3) is 11.8 Å². The van der Waals surface area contributed by atoms with Gasteiger partial charge < -0.3 is 4.74 Å². The van der Waals surface area contributed by atoms with Gasteiger partial charge in [0, 0.05) is 39.5 Å². The van der Waals surface area contributed by atoms with Gasteiger partial charge in [-0.1, -0.05) is 48.0 Å². The molecule has 0 fully saturated rings. The number of ether oxygens (including phenoxy) is 1. The zero-order chi connectivity index (χ0) is 29.1. The van der Waals surface area contributed by atoms with E-state index in [9.17, 15) is 14.9 Å². The first kappa shape index (κ1) is 27.6. The maximum Gasteiger partial charge on any atom is 0.271 e. The SMILES string of the molecule is CC1=C(C#N)C(=O)N(C(C)C)C(=O)/C1=C/c1cn(-c2ccccc2)nc1-c1ccc(OCc2ccccc2Cl)cc1. The van der Waals surface area contributed by atoms with Gasteiger partial charge in [0.05, 0.1) is 11.4 Å². The van der Waals surface area contributed by atoms with Crippen LogP contribution in [0.1, 0.15) is 31.9 Å². The number of carbonyl (C=O) groups is 2. The van der Waals surface area contributed by atoms with E-state index in [2.05, 4.69) is 0 Å². The summed E-state index contributed by atoms with van der Waals surface area (Å²) in [7, 11) is 0. The number of para-hydroxylation sites is 1. The van der Waals surface area contributed by atoms with Gasteiger partial charge in [-0.15, -0.1) is 0 Å². The summed E-state index contributed by atoms with van der Waals surface area (Å²) in [5.41, 5.74) is 4.42. The molecule has 0 spiro atoms. The summed E-state index contributed by atoms with van der Waals surface area (Å²) in [6, 6.07) is 26.3. The number of amides is 2. The van der Waals surface area contributed by atoms with Crippen LogP contribution < -0.4 is 4.74 Å². The molecule has 0 atom stereocenters. The molecule has 5 rings (SSSR count). The predicted octanol–water partition coefficient (Wildman–Crippen LogP) is 6.77. The average Bonchev–Trinajstić information content (AvgIpc) is 3.39. The van der Waals surface area contributed by atoms with Crippen LogP contribution >= 0.6 is 11.6 Å². The third kappa shape index (κ3) is 5.56. The maximum atomic E-state index is 13.5. The molecule has 0 aliphatic carbocycles. The Morgan fingerprint density at radius 3 is 2.32 bits per heavy atom. The van der Waals surface area contributed by atoms with Crippen molar-refractivity contribution in [2.75, 3.05) is 0 Å². The Balaban J connectivity index is 1.56. The molecule has 0 N–H and O–H groups in total. The first-order valence-electron chi connectivity index (χ1n) is 13.1. The largest absolute Gasteiger partial charge is 0.489 e. The monoisotopic (exact) mass is 562 g/mol. The van der Waals surface area contributed by atoms with Gasteiger partial charge in [-0.2, -0.15) is 10.4 Å². The highest BCUT2D eigenvalue weighted by atomic mass is 35.5. The van der Waals surface area contributed by atoms with Crippen LogP contribution in [0.15, 0.2) is 102 Å². The number of carbonyl (C=O) groups excluding carboxylic acids is 2. The third-order valence-electron chi connectivity index (χ3n) is 6.83. The fourth-order valence-corrected chi connectivity index (χ4v) is 4.83. The second kappa shape index (κ2) is 11.7. The number of hydrogen-bond donors (Lipinski definition) is 0. The Bertz CT molecular complexity index is 1730. The van der Waals surface area contributed by atoms with Crippen molar-refractivity contribution in [3.63, 3.8) is 0 Å². The van der Waals surface area contributed by atoms with Crippen LogP contribution in [-0.4, -0.2) is 32.5 Å². The Labute approximate surface area is 243 Å². The summed E-state index contributed by atoms with van der Waals surface area (Å²) >= 11 is 6.26. The highest BCUT2D eigenvalue weighted by Gasteiger charge is 2.37. The lowest BCUT2D eigenvalue weighted by molar-refractivity contribution is -0.142. The summed E-state index contributed by atoms with van der Waals surface area (Å²) < 4.78 is 7.69. The lowest BCUT2D eigenvalue weighted by Gasteiger charge is -2.30. The molecule has 2 amide bonds. The molecule has 1 aromatic heterocycles. The molecule has 0 bridgehead atoms. The standard InChI is InChI=1S/C33H27ClN4O3/c1-21(2)38-32(39)28(22(3)29(18-35)33(38)40)17-25-19-37(26-10-5-4-6-11-26)36-31(25)23-13-15-27(16-14-23)41-20-24-9-7-8-12-30(24)34/h4-17,19,21H,20H2,1-3H3/b28-17+. The van der Waals surface area contributed by atoms with E-state index in [4.69, 9.17) is 21.4 Å². The molecule has 0 unspecified atom stereocenters. The smallest absolute Gasteiger partial charge is 0.271 e. The van der Waals surface area contributed by atoms with Crippen LogP contribution in [0.25, 0.3) is 23.0 Å². The van der Waals surface area contributed by atoms with Gasteiger partial charge in [-0.05, 0) is 74.9 Å². The van der Waals surface area contributed by atoms with Gasteiger partial charge in [0.2, 0.25) is 0 Å². The van der Waals surface area contributed by atoms with Crippen LogP contribution in [0.3, 0.4) is 0 Å². The molecule has 2 heterocycles. The van der Waals surface area contributed by atoms with Crippen molar-refractivity contribution in [1.82, 2.24) is 14.7 Å². The molecule has 204 valence electrons. The van der Waals surface area contributed by atoms with Crippen molar-refractivity contribution in [2.45, 2.75) is 33.4 Å². The molecule has 41 heavy (non-hydrogen) atoms. The molecule has 1 aliphatic rings. The second-order valence-electron chi connectivity index (χ2n) is 9.86. The van der Waals surface area contributed by atoms with E-state index in [0.29, 0.717) is 34.2 Å². The minimum Gasteiger partial charge on any atom is -0.489 e. The molecule has 8 heteroatoms. The first-order chi connectivity index (χ1) is 19.8. The molecule has 1 aliphatic heterocycles. The van der Waals surface area contributed by atoms with Gasteiger partial charge in [0.1, 0.15) is 24.0 Å². The first-order valence-corrected chi connectivity index (χ1v) is 13.5. The number of benzene rings is 3. The van der Waals surface area contributed by atoms with Crippen LogP contribution in [0, 0.1) is 11.3 Å². The molecule has 0 radical (unpaired) electrons. The topological polar surface area (TPSA) is 88.2 Å². The number of imide groups is 1. The van der Waals surface area contributed by atoms with Crippen LogP contribution in [0.2, 0.25) is 5.02 Å². The minimum absolute atomic E-state index is 0.0402. The lowest BCUT2D eigenvalue weighted by Crippen LogP contribution is -2.46. The number of aromatic nitrogens is 2. The van der Waals surface area contributed by atoms with Crippen LogP contribution in [-0.2, 0) is 16.2 Å². The van der Waals surface area contributed by atoms with Gasteiger partial charge in [-0.3, -0.25) is 14.5 Å². The zero-order valence-electron chi connectivity index (χ0n) is 22.8. The molecule has 4 aromatic rings. The van der Waals surface area contributed by atoms with E-state index in [1.165, 1.54) is 0 Å². The summed E-state index contributed by atoms with van der Waals surface area (Å²) in [5.74, 6) is -0.347. The van der Waals surface area contributed by atoms with E-state index in [1.807, 2.05) is 91.1 Å². The van der Waals surface area contributed by atoms with Gasteiger partial charge >= 0.3 is 0 Å². The van der Waals surface area contributed by atoms with Crippen LogP contribution in [0.4, 0.5) is 0 Å². The Kier molecular flexibility index (Phi) is 7.86. The van der Waals surface area contributed by atoms with E-state index in [1.54, 1.807) is 31.5 Å². The predicted molar refractivity (Wildman–Crippen MR) is 158 cm³/mol. The molecule has 7 nitrogen and oxygen atoms in total. The van der Waals surface area contributed by atoms with E-state index < -0.39 is 17.9 Å². The van der Waals surface area contributed by atoms with Crippen molar-refractivity contribution in [3.05, 3.63) is 118 Å². The molecule has 0 saturated carbocycles. The molecule has 3 aromatic carbocycles. The highest BCUT2D eigenvalue weighted by Crippen LogP contribution is 2.32. The van der Waals surface area contributed by atoms with Crippen molar-refractivity contribution >= 4 is 29.5 Å². The van der Waals surface area contributed by atoms with Gasteiger partial charge in [0.15, 0.2) is 0 Å². The zero-order valence-corrected chi connectivity index (χ0v) is 23.6. The Morgan fingerprint density at radius 1 is 0.976 bits per heavy atom. The van der Waals surface area contributed by atoms with Crippen molar-refractivity contribution in [2.24, 2.45) is 0 Å². The Morgan fingerprint density at radius 2 is 1.66 bits per heavy atom. The summed E-state index contributed by atoms with van der Waals surface area (Å²) in [4.78, 5) is 27.5. The van der Waals surface area contributed by atoms with Crippen molar-refractivity contribution in [1.29, 1.82) is 5.26 Å². The fraction of sp³-hybridized carbons (Fsp3) is 0.152. The molecule has 0 saturated heterocycles. The number of nitriles is 1. The molecular formula is C33H27ClN4O3. The van der Waals surface area contributed by atoms with Crippen LogP contribution in [0.5, 0.6) is 5.75 Å². The van der Waals surface area contributed by atoms with E-state index in [0.717, 1.165) is 21.7 Å². The van der Waals surface area contributed by atoms with Crippen molar-refractivity contribution in [3.8, 4) is 28.8 Å². The van der Waals surface area contributed by atoms with Crippen molar-refractivity contribution < 1.29 is 14.3 Å². The summed E-state index contributed by atoms with van der Waals surface area (Å²) in [6.45, 7) is 5.46. The average molecular weight is 563 g/mol. The summed E-state index contributed by atoms with van der Waals surface area (Å²) in [5, 5.41) is 15.2. The third-order valence-corrected chi connectivity index (χ3v) is 7.20. The fourth-order valence-electron chi connectivity index (χ4n) is 4.64. The summed E-state index contributed by atoms with van der Waals surface area (Å²) in [6.07, 6.45) is 3.54. The quantitative estimate of drug-likeness (QED) is 0.183. The Hall–Kier alpha value is -4.93. The van der Waals surface area contributed by atoms with Gasteiger partial charge in [-0.25, -0.2) is 4.68 Å². The minimum atomic E-state index is -0.574. The highest BCUT2D eigenvalue weighted by molar-refractivity contribution is 6.31.